The second kappa shape index (κ2) is 41.0. The van der Waals surface area contributed by atoms with E-state index in [1.54, 1.807) is 76.7 Å². The van der Waals surface area contributed by atoms with Crippen molar-refractivity contribution in [2.24, 2.45) is 27.1 Å². The van der Waals surface area contributed by atoms with E-state index in [1.165, 1.54) is 35.4 Å². The molecule has 9 aromatic heterocycles. The summed E-state index contributed by atoms with van der Waals surface area (Å²) in [5, 5.41) is 19.0. The number of alkyl halides is 3. The van der Waals surface area contributed by atoms with E-state index >= 15 is 0 Å². The lowest BCUT2D eigenvalue weighted by molar-refractivity contribution is -0.193. The Kier molecular flexibility index (Phi) is 30.4. The quantitative estimate of drug-likeness (QED) is 0.0600. The van der Waals surface area contributed by atoms with Crippen molar-refractivity contribution in [2.75, 3.05) is 172 Å². The Morgan fingerprint density at radius 2 is 0.948 bits per heavy atom. The highest BCUT2D eigenvalue weighted by Crippen LogP contribution is 2.49. The molecule has 10 aliphatic heterocycles. The number of thiazole rings is 1. The number of anilines is 8. The number of fused-ring (bicyclic) bond motifs is 1. The summed E-state index contributed by atoms with van der Waals surface area (Å²) in [6.45, 7) is 43.3. The largest absolute Gasteiger partial charge is 0.446 e. The fourth-order valence-corrected chi connectivity index (χ4v) is 17.8. The highest BCUT2D eigenvalue weighted by molar-refractivity contribution is 7.16. The van der Waals surface area contributed by atoms with Crippen LogP contribution in [0.25, 0.3) is 16.8 Å². The molecule has 20 rings (SSSR count). The normalized spacial score (nSPS) is 17.5. The third kappa shape index (κ3) is 24.3. The van der Waals surface area contributed by atoms with Crippen molar-refractivity contribution in [3.8, 4) is 23.2 Å². The zero-order valence-corrected chi connectivity index (χ0v) is 78.1. The summed E-state index contributed by atoms with van der Waals surface area (Å²) in [5.74, 6) is -0.174. The summed E-state index contributed by atoms with van der Waals surface area (Å²) in [4.78, 5) is 137. The number of ether oxygens (including phenoxy) is 4. The smallest absolute Gasteiger partial charge is 0.444 e. The fraction of sp³-hybridized carbons (Fsp3) is 0.523. The number of halogens is 5. The van der Waals surface area contributed by atoms with Crippen molar-refractivity contribution in [3.05, 3.63) is 131 Å². The summed E-state index contributed by atoms with van der Waals surface area (Å²) < 4.78 is 98.8. The number of nitrogens with zero attached hydrogens (tertiary/aromatic N) is 20. The van der Waals surface area contributed by atoms with Gasteiger partial charge in [0.25, 0.3) is 41.8 Å². The van der Waals surface area contributed by atoms with Crippen molar-refractivity contribution in [2.45, 2.75) is 132 Å². The van der Waals surface area contributed by atoms with Gasteiger partial charge in [-0.05, 0) is 136 Å². The van der Waals surface area contributed by atoms with Gasteiger partial charge in [0.1, 0.15) is 70.6 Å². The van der Waals surface area contributed by atoms with Gasteiger partial charge in [-0.1, -0.05) is 32.1 Å². The minimum absolute atomic E-state index is 0.0943. The standard InChI is InChI=1S/C29H27FN8OS.C15H23N3O3.C14H19N3O5.C13H19N3O3.C8H11N3O.C5H6ClNO.C2HF3O.2CO2/c1-4-22-26(35(3)28-33-25(24(13-31)40-28)19-5-7-20(30)8-6-19)23-12-21(11-18(2)38(23)34-22)36-14-29(15-36)16-37(17-29)27-32-9-10-39-27;1-5-11-6-20-12(16-11)17-7-15(8-17)9-18(10-15)13(19)21-14(2,3)4;1-13(2,3)22-12(19)17-7-14(8-17)5-16(6-14)11-15-10(4-20-11)21-9-18;1-12(2,3)19-11(17)16-8-13(9-16)6-15(7-13)10-14-4-5-18-10;1-2-12-7(10-1)11-5-8(6-11)3-9-4-8;1-2-4-3-8-5(6)7-4;3-2(4,5)1-6;2*2-1-3/h5-12H,4,14-17H2,1-3H3;6H,5,7-10H2,1-4H3;4,9H,5-8H2,1-3H3;4-5H,6-9H2,1-3H3;1-2,9H,3-6H2;3H,2H2,1H3;1H;;. The summed E-state index contributed by atoms with van der Waals surface area (Å²) in [7, 11) is 1.97. The summed E-state index contributed by atoms with van der Waals surface area (Å²) >= 11 is 6.69. The molecule has 1 aromatic carbocycles. The number of aldehydes is 1. The molecule has 134 heavy (non-hydrogen) atoms. The van der Waals surface area contributed by atoms with Crippen molar-refractivity contribution in [3.63, 3.8) is 0 Å². The number of nitrogens with one attached hydrogen (secondary N) is 1. The number of nitriles is 1. The van der Waals surface area contributed by atoms with Crippen LogP contribution in [0.3, 0.4) is 0 Å². The molecule has 0 atom stereocenters. The third-order valence-corrected chi connectivity index (χ3v) is 23.9. The first-order valence-electron chi connectivity index (χ1n) is 42.8. The zero-order valence-electron chi connectivity index (χ0n) is 76.6. The topological polar surface area (TPSA) is 445 Å². The number of aryl methyl sites for hydroxylation is 4. The number of pyridine rings is 1. The number of likely N-dealkylation sites (tertiary alicyclic amines) is 3. The number of carbonyl (C=O) groups is 5. The van der Waals surface area contributed by atoms with E-state index in [2.05, 4.69) is 103 Å². The molecule has 0 unspecified atom stereocenters. The second-order valence-corrected chi connectivity index (χ2v) is 38.6. The Morgan fingerprint density at radius 1 is 0.552 bits per heavy atom. The number of hydrogen-bond acceptors (Lipinski definition) is 37. The van der Waals surface area contributed by atoms with Gasteiger partial charge in [0.15, 0.2) is 11.4 Å². The number of carbonyl (C=O) groups excluding carboxylic acids is 9. The number of oxazole rings is 6. The molecule has 10 saturated heterocycles. The lowest BCUT2D eigenvalue weighted by atomic mass is 9.73. The van der Waals surface area contributed by atoms with Gasteiger partial charge in [-0.15, -0.1) is 0 Å². The molecular formula is C88H106ClF4N21O19S. The minimum Gasteiger partial charge on any atom is -0.444 e. The van der Waals surface area contributed by atoms with Gasteiger partial charge in [-0.3, -0.25) is 9.59 Å². The molecule has 0 saturated carbocycles. The lowest BCUT2D eigenvalue weighted by Gasteiger charge is -2.60. The van der Waals surface area contributed by atoms with Crippen LogP contribution < -0.4 is 44.4 Å². The van der Waals surface area contributed by atoms with E-state index in [0.29, 0.717) is 70.3 Å². The first-order chi connectivity index (χ1) is 63.4. The Hall–Kier alpha value is -13.4. The molecule has 0 radical (unpaired) electrons. The van der Waals surface area contributed by atoms with Gasteiger partial charge in [-0.2, -0.15) is 52.7 Å². The van der Waals surface area contributed by atoms with Crippen LogP contribution in [0.1, 0.15) is 111 Å². The molecular weight excluding hydrogens is 1800 g/mol. The molecule has 46 heteroatoms. The molecule has 40 nitrogen and oxygen atoms in total. The van der Waals surface area contributed by atoms with Gasteiger partial charge < -0.3 is 99.8 Å². The predicted octanol–water partition coefficient (Wildman–Crippen LogP) is 12.3. The van der Waals surface area contributed by atoms with Crippen LogP contribution in [0.15, 0.2) is 119 Å². The maximum Gasteiger partial charge on any atom is 0.446 e. The molecule has 5 spiro atoms. The van der Waals surface area contributed by atoms with E-state index in [1.807, 2.05) is 90.6 Å². The van der Waals surface area contributed by atoms with Crippen LogP contribution >= 0.6 is 22.9 Å². The Balaban J connectivity index is 0.000000149. The van der Waals surface area contributed by atoms with Crippen LogP contribution in [-0.4, -0.2) is 263 Å². The summed E-state index contributed by atoms with van der Waals surface area (Å²) in [6, 6.07) is 16.0. The van der Waals surface area contributed by atoms with Gasteiger partial charge in [-0.25, -0.2) is 48.2 Å². The van der Waals surface area contributed by atoms with Crippen LogP contribution in [0.5, 0.6) is 5.88 Å². The van der Waals surface area contributed by atoms with Crippen molar-refractivity contribution in [1.82, 2.24) is 64.5 Å². The Morgan fingerprint density at radius 3 is 1.30 bits per heavy atom. The van der Waals surface area contributed by atoms with E-state index in [-0.39, 0.29) is 69.3 Å². The zero-order chi connectivity index (χ0) is 97.1. The van der Waals surface area contributed by atoms with E-state index in [4.69, 9.17) is 86.4 Å². The molecule has 19 heterocycles. The van der Waals surface area contributed by atoms with Crippen molar-refractivity contribution < 1.29 is 106 Å². The third-order valence-electron chi connectivity index (χ3n) is 22.7. The molecule has 3 amide bonds. The van der Waals surface area contributed by atoms with E-state index in [0.717, 1.165) is 177 Å². The Labute approximate surface area is 776 Å². The van der Waals surface area contributed by atoms with Crippen molar-refractivity contribution in [1.29, 1.82) is 5.26 Å². The van der Waals surface area contributed by atoms with Crippen LogP contribution in [0.2, 0.25) is 5.35 Å². The summed E-state index contributed by atoms with van der Waals surface area (Å²) in [6.07, 6.45) is 11.0. The molecule has 718 valence electrons. The van der Waals surface area contributed by atoms with E-state index in [9.17, 15) is 42.0 Å². The predicted molar refractivity (Wildman–Crippen MR) is 473 cm³/mol. The maximum absolute atomic E-state index is 13.5. The van der Waals surface area contributed by atoms with Gasteiger partial charge in [0.05, 0.1) is 46.9 Å². The molecule has 0 bridgehead atoms. The minimum atomic E-state index is -4.64. The van der Waals surface area contributed by atoms with Gasteiger partial charge in [0.2, 0.25) is 6.29 Å². The van der Waals surface area contributed by atoms with E-state index < -0.39 is 29.3 Å². The average molecular weight is 1910 g/mol. The lowest BCUT2D eigenvalue weighted by Crippen LogP contribution is -2.73. The number of benzene rings is 1. The summed E-state index contributed by atoms with van der Waals surface area (Å²) in [5.41, 5.74) is 8.33. The van der Waals surface area contributed by atoms with Gasteiger partial charge in [0, 0.05) is 182 Å². The molecule has 10 fully saturated rings. The Bertz CT molecular complexity index is 5710. The molecule has 1 N–H and O–H groups in total. The molecule has 10 aromatic rings. The first-order valence-corrected chi connectivity index (χ1v) is 44.0. The van der Waals surface area contributed by atoms with Crippen LogP contribution in [0.4, 0.5) is 78.5 Å². The SMILES string of the molecule is CC(C)(C)OC(=O)N1CC2(C1)CN(c1nc(OC=O)co1)C2.CC(C)(C)OC(=O)N1CC2(C1)CN(c1ncco1)C2.CCc1coc(Cl)n1.CCc1coc(N2CC3(CN(C(=O)OC(C)(C)C)C3)C2)n1.CCc1nn2c(C)cc(N3CC4(C3)CN(c3ncco3)C4)cc2c1N(C)c1nc(-c2ccc(F)cc2)c(C#N)s1.O=C=O.O=C=O.O=CC(F)(F)F.c1coc(N2CC3(CNC3)C2)n1. The molecule has 0 aliphatic carbocycles. The number of aromatic nitrogens is 9. The van der Waals surface area contributed by atoms with Crippen LogP contribution in [0, 0.1) is 51.1 Å². The second-order valence-electron chi connectivity index (χ2n) is 37.3. The van der Waals surface area contributed by atoms with Crippen molar-refractivity contribution >= 4 is 118 Å². The highest BCUT2D eigenvalue weighted by atomic mass is 35.5. The monoisotopic (exact) mass is 1900 g/mol. The average Bonchev–Trinajstić information content (AvgIpc) is 1.31. The fourth-order valence-electron chi connectivity index (χ4n) is 16.8. The van der Waals surface area contributed by atoms with Gasteiger partial charge >= 0.3 is 42.8 Å². The first kappa shape index (κ1) is 99.6. The number of rotatable bonds is 14. The highest BCUT2D eigenvalue weighted by Gasteiger charge is 2.59. The van der Waals surface area contributed by atoms with Crippen LogP contribution in [-0.2, 0) is 62.2 Å². The maximum atomic E-state index is 13.5. The number of amides is 3. The molecule has 10 aliphatic rings. The number of hydrogen-bond donors (Lipinski definition) is 1.